The molecule has 2 aromatic heterocycles. The van der Waals surface area contributed by atoms with Gasteiger partial charge in [0, 0.05) is 4.88 Å². The lowest BCUT2D eigenvalue weighted by molar-refractivity contribution is 0.491. The highest BCUT2D eigenvalue weighted by atomic mass is 32.1. The topological polar surface area (TPSA) is 42.8 Å². The van der Waals surface area contributed by atoms with Crippen molar-refractivity contribution < 1.29 is 4.42 Å². The third-order valence-corrected chi connectivity index (χ3v) is 5.48. The minimum atomic E-state index is 0.611. The molecule has 4 rings (SSSR count). The van der Waals surface area contributed by atoms with Crippen LogP contribution in [-0.2, 0) is 6.54 Å². The number of furan rings is 1. The highest BCUT2D eigenvalue weighted by Gasteiger charge is 2.14. The Hall–Kier alpha value is -3.18. The molecule has 28 heavy (non-hydrogen) atoms. The van der Waals surface area contributed by atoms with Gasteiger partial charge in [0.15, 0.2) is 0 Å². The molecule has 4 aromatic rings. The third kappa shape index (κ3) is 3.89. The van der Waals surface area contributed by atoms with Gasteiger partial charge >= 0.3 is 0 Å². The van der Waals surface area contributed by atoms with Crippen molar-refractivity contribution in [3.8, 4) is 11.3 Å². The molecule has 0 bridgehead atoms. The molecule has 0 saturated heterocycles. The average Bonchev–Trinajstić information content (AvgIpc) is 3.35. The molecule has 0 amide bonds. The molecule has 0 atom stereocenters. The van der Waals surface area contributed by atoms with E-state index in [4.69, 9.17) is 4.42 Å². The monoisotopic (exact) mass is 387 g/mol. The first-order valence-corrected chi connectivity index (χ1v) is 9.96. The SMILES string of the molecule is C/C(=N/N=c1sc(C)c(-c2ccccc2)n1Cc1ccco1)c1ccccc1. The quantitative estimate of drug-likeness (QED) is 0.330. The van der Waals surface area contributed by atoms with E-state index >= 15 is 0 Å². The summed E-state index contributed by atoms with van der Waals surface area (Å²) in [6.07, 6.45) is 1.70. The van der Waals surface area contributed by atoms with E-state index in [1.807, 2.05) is 55.5 Å². The molecule has 0 radical (unpaired) electrons. The lowest BCUT2D eigenvalue weighted by Crippen LogP contribution is -2.16. The predicted octanol–water partition coefficient (Wildman–Crippen LogP) is 5.49. The van der Waals surface area contributed by atoms with Crippen LogP contribution < -0.4 is 4.80 Å². The van der Waals surface area contributed by atoms with Crippen molar-refractivity contribution in [1.82, 2.24) is 4.57 Å². The van der Waals surface area contributed by atoms with Gasteiger partial charge < -0.3 is 8.98 Å². The summed E-state index contributed by atoms with van der Waals surface area (Å²) in [5.74, 6) is 0.889. The Morgan fingerprint density at radius 2 is 1.68 bits per heavy atom. The van der Waals surface area contributed by atoms with Gasteiger partial charge in [0.05, 0.1) is 24.2 Å². The summed E-state index contributed by atoms with van der Waals surface area (Å²) < 4.78 is 7.77. The highest BCUT2D eigenvalue weighted by molar-refractivity contribution is 7.09. The number of rotatable bonds is 5. The number of nitrogens with zero attached hydrogens (tertiary/aromatic N) is 3. The summed E-state index contributed by atoms with van der Waals surface area (Å²) in [4.78, 5) is 2.05. The van der Waals surface area contributed by atoms with Crippen molar-refractivity contribution >= 4 is 17.0 Å². The Bertz CT molecular complexity index is 1140. The van der Waals surface area contributed by atoms with Gasteiger partial charge in [0.25, 0.3) is 0 Å². The molecule has 0 aliphatic heterocycles. The molecule has 2 aromatic carbocycles. The summed E-state index contributed by atoms with van der Waals surface area (Å²) in [6.45, 7) is 4.72. The second-order valence-corrected chi connectivity index (χ2v) is 7.65. The number of aryl methyl sites for hydroxylation is 1. The van der Waals surface area contributed by atoms with Gasteiger partial charge in [0.1, 0.15) is 5.76 Å². The second kappa shape index (κ2) is 8.23. The van der Waals surface area contributed by atoms with Gasteiger partial charge in [-0.1, -0.05) is 72.0 Å². The maximum atomic E-state index is 5.59. The smallest absolute Gasteiger partial charge is 0.211 e. The van der Waals surface area contributed by atoms with Crippen molar-refractivity contribution in [2.75, 3.05) is 0 Å². The minimum Gasteiger partial charge on any atom is -0.467 e. The van der Waals surface area contributed by atoms with Crippen LogP contribution in [-0.4, -0.2) is 10.3 Å². The number of thiazole rings is 1. The molecular weight excluding hydrogens is 366 g/mol. The van der Waals surface area contributed by atoms with Gasteiger partial charge in [-0.25, -0.2) is 0 Å². The predicted molar refractivity (Wildman–Crippen MR) is 115 cm³/mol. The van der Waals surface area contributed by atoms with E-state index in [2.05, 4.69) is 46.0 Å². The average molecular weight is 388 g/mol. The van der Waals surface area contributed by atoms with Crippen LogP contribution in [0, 0.1) is 6.92 Å². The molecule has 0 spiro atoms. The van der Waals surface area contributed by atoms with Crippen molar-refractivity contribution in [3.05, 3.63) is 100 Å². The van der Waals surface area contributed by atoms with Crippen LogP contribution in [0.2, 0.25) is 0 Å². The van der Waals surface area contributed by atoms with E-state index in [9.17, 15) is 0 Å². The molecule has 0 unspecified atom stereocenters. The van der Waals surface area contributed by atoms with E-state index in [1.54, 1.807) is 17.6 Å². The first kappa shape index (κ1) is 18.2. The Morgan fingerprint density at radius 1 is 0.964 bits per heavy atom. The summed E-state index contributed by atoms with van der Waals surface area (Å²) in [6, 6.07) is 24.4. The molecule has 4 nitrogen and oxygen atoms in total. The number of hydrogen-bond acceptors (Lipinski definition) is 4. The molecule has 5 heteroatoms. The molecule has 0 fully saturated rings. The molecule has 2 heterocycles. The number of aromatic nitrogens is 1. The zero-order valence-electron chi connectivity index (χ0n) is 15.9. The number of hydrogen-bond donors (Lipinski definition) is 0. The Morgan fingerprint density at radius 3 is 2.36 bits per heavy atom. The maximum absolute atomic E-state index is 5.59. The third-order valence-electron chi connectivity index (χ3n) is 4.50. The molecular formula is C23H21N3OS. The van der Waals surface area contributed by atoms with Crippen molar-refractivity contribution in [1.29, 1.82) is 0 Å². The first-order valence-electron chi connectivity index (χ1n) is 9.14. The van der Waals surface area contributed by atoms with E-state index in [1.165, 1.54) is 4.88 Å². The van der Waals surface area contributed by atoms with Gasteiger partial charge in [-0.15, -0.1) is 5.10 Å². The van der Waals surface area contributed by atoms with E-state index in [-0.39, 0.29) is 0 Å². The summed E-state index contributed by atoms with van der Waals surface area (Å²) in [5, 5.41) is 9.10. The Kier molecular flexibility index (Phi) is 5.35. The van der Waals surface area contributed by atoms with Gasteiger partial charge in [-0.2, -0.15) is 5.10 Å². The number of benzene rings is 2. The van der Waals surface area contributed by atoms with Crippen molar-refractivity contribution in [2.45, 2.75) is 20.4 Å². The minimum absolute atomic E-state index is 0.611. The van der Waals surface area contributed by atoms with Crippen LogP contribution in [0.1, 0.15) is 23.1 Å². The highest BCUT2D eigenvalue weighted by Crippen LogP contribution is 2.26. The lowest BCUT2D eigenvalue weighted by atomic mass is 10.1. The molecule has 0 saturated carbocycles. The maximum Gasteiger partial charge on any atom is 0.211 e. The Balaban J connectivity index is 1.83. The second-order valence-electron chi connectivity index (χ2n) is 6.47. The molecule has 140 valence electrons. The van der Waals surface area contributed by atoms with Crippen LogP contribution in [0.15, 0.2) is 93.7 Å². The van der Waals surface area contributed by atoms with Gasteiger partial charge in [-0.05, 0) is 37.1 Å². The Labute approximate surface area is 168 Å². The van der Waals surface area contributed by atoms with Crippen molar-refractivity contribution in [2.24, 2.45) is 10.2 Å². The zero-order chi connectivity index (χ0) is 19.3. The fourth-order valence-electron chi connectivity index (χ4n) is 3.12. The van der Waals surface area contributed by atoms with Gasteiger partial charge in [-0.3, -0.25) is 0 Å². The standard InChI is InChI=1S/C23H21N3OS/c1-17(19-10-5-3-6-11-19)24-25-23-26(16-21-14-9-15-27-21)22(18(2)28-23)20-12-7-4-8-13-20/h3-15H,16H2,1-2H3/b24-17-,25-23?. The normalized spacial score (nSPS) is 12.5. The fourth-order valence-corrected chi connectivity index (χ4v) is 4.06. The fraction of sp³-hybridized carbons (Fsp3) is 0.130. The molecule has 0 aliphatic carbocycles. The van der Waals surface area contributed by atoms with Crippen LogP contribution >= 0.6 is 11.3 Å². The van der Waals surface area contributed by atoms with E-state index < -0.39 is 0 Å². The van der Waals surface area contributed by atoms with Crippen LogP contribution in [0.4, 0.5) is 0 Å². The van der Waals surface area contributed by atoms with Crippen LogP contribution in [0.25, 0.3) is 11.3 Å². The van der Waals surface area contributed by atoms with Gasteiger partial charge in [0.2, 0.25) is 4.80 Å². The summed E-state index contributed by atoms with van der Waals surface area (Å²) >= 11 is 1.64. The van der Waals surface area contributed by atoms with E-state index in [0.29, 0.717) is 6.54 Å². The first-order chi connectivity index (χ1) is 13.7. The molecule has 0 N–H and O–H groups in total. The summed E-state index contributed by atoms with van der Waals surface area (Å²) in [7, 11) is 0. The van der Waals surface area contributed by atoms with Crippen LogP contribution in [0.3, 0.4) is 0 Å². The van der Waals surface area contributed by atoms with Crippen molar-refractivity contribution in [3.63, 3.8) is 0 Å². The summed E-state index contributed by atoms with van der Waals surface area (Å²) in [5.41, 5.74) is 4.26. The largest absolute Gasteiger partial charge is 0.467 e. The zero-order valence-corrected chi connectivity index (χ0v) is 16.7. The van der Waals surface area contributed by atoms with E-state index in [0.717, 1.165) is 33.1 Å². The molecule has 0 aliphatic rings. The lowest BCUT2D eigenvalue weighted by Gasteiger charge is -2.08. The van der Waals surface area contributed by atoms with Crippen LogP contribution in [0.5, 0.6) is 0 Å².